The van der Waals surface area contributed by atoms with Crippen molar-refractivity contribution in [2.75, 3.05) is 12.9 Å². The van der Waals surface area contributed by atoms with Gasteiger partial charge in [0.15, 0.2) is 5.16 Å². The molecule has 0 aliphatic rings. The third-order valence-corrected chi connectivity index (χ3v) is 2.66. The van der Waals surface area contributed by atoms with E-state index < -0.39 is 18.8 Å². The van der Waals surface area contributed by atoms with Crippen molar-refractivity contribution in [2.24, 2.45) is 0 Å². The molecule has 0 spiro atoms. The van der Waals surface area contributed by atoms with Crippen LogP contribution in [0.1, 0.15) is 11.7 Å². The summed E-state index contributed by atoms with van der Waals surface area (Å²) in [5.74, 6) is 0. The summed E-state index contributed by atoms with van der Waals surface area (Å²) in [4.78, 5) is 7.80. The van der Waals surface area contributed by atoms with E-state index in [1.54, 1.807) is 6.26 Å². The molecule has 1 rings (SSSR count). The van der Waals surface area contributed by atoms with Gasteiger partial charge in [-0.1, -0.05) is 23.4 Å². The molecule has 15 heavy (non-hydrogen) atoms. The second-order valence-electron chi connectivity index (χ2n) is 2.80. The number of hydrogen-bond donors (Lipinski definition) is 3. The van der Waals surface area contributed by atoms with E-state index in [4.69, 9.17) is 16.7 Å². The van der Waals surface area contributed by atoms with E-state index in [-0.39, 0.29) is 10.7 Å². The highest BCUT2D eigenvalue weighted by atomic mass is 35.5. The fraction of sp³-hybridized carbons (Fsp3) is 0.500. The fourth-order valence-corrected chi connectivity index (χ4v) is 1.59. The zero-order valence-electron chi connectivity index (χ0n) is 7.96. The van der Waals surface area contributed by atoms with Crippen molar-refractivity contribution in [2.45, 2.75) is 17.4 Å². The predicted molar refractivity (Wildman–Crippen MR) is 56.9 cm³/mol. The van der Waals surface area contributed by atoms with Gasteiger partial charge in [0.2, 0.25) is 0 Å². The van der Waals surface area contributed by atoms with Crippen molar-refractivity contribution in [3.63, 3.8) is 0 Å². The number of aromatic nitrogens is 2. The normalized spacial score (nSPS) is 15.0. The van der Waals surface area contributed by atoms with E-state index in [0.717, 1.165) is 0 Å². The standard InChI is InChI=1S/C8H11ClN2O3S/c1-15-8-10-2-4(7(9)11-8)6(14)5(13)3-12/h2,5-6,12-14H,3H2,1H3. The van der Waals surface area contributed by atoms with Crippen molar-refractivity contribution in [1.82, 2.24) is 9.97 Å². The van der Waals surface area contributed by atoms with E-state index in [1.807, 2.05) is 0 Å². The summed E-state index contributed by atoms with van der Waals surface area (Å²) in [7, 11) is 0. The third-order valence-electron chi connectivity index (χ3n) is 1.80. The maximum atomic E-state index is 9.55. The molecule has 0 aliphatic carbocycles. The molecule has 0 saturated carbocycles. The van der Waals surface area contributed by atoms with Gasteiger partial charge in [0.05, 0.1) is 6.61 Å². The van der Waals surface area contributed by atoms with Crippen molar-refractivity contribution in [1.29, 1.82) is 0 Å². The van der Waals surface area contributed by atoms with Crippen molar-refractivity contribution in [3.05, 3.63) is 16.9 Å². The number of aliphatic hydroxyl groups is 3. The molecule has 3 N–H and O–H groups in total. The van der Waals surface area contributed by atoms with Gasteiger partial charge < -0.3 is 15.3 Å². The summed E-state index contributed by atoms with van der Waals surface area (Å²) in [6.45, 7) is -0.554. The zero-order valence-corrected chi connectivity index (χ0v) is 9.53. The van der Waals surface area contributed by atoms with E-state index in [1.165, 1.54) is 18.0 Å². The Kier molecular flexibility index (Phi) is 4.75. The van der Waals surface area contributed by atoms with Crippen LogP contribution in [0.4, 0.5) is 0 Å². The fourth-order valence-electron chi connectivity index (χ4n) is 0.959. The lowest BCUT2D eigenvalue weighted by Gasteiger charge is -2.16. The minimum absolute atomic E-state index is 0.0781. The smallest absolute Gasteiger partial charge is 0.188 e. The van der Waals surface area contributed by atoms with Gasteiger partial charge in [-0.3, -0.25) is 0 Å². The second-order valence-corrected chi connectivity index (χ2v) is 3.93. The van der Waals surface area contributed by atoms with Crippen molar-refractivity contribution in [3.8, 4) is 0 Å². The Morgan fingerprint density at radius 1 is 1.53 bits per heavy atom. The van der Waals surface area contributed by atoms with Crippen molar-refractivity contribution < 1.29 is 15.3 Å². The topological polar surface area (TPSA) is 86.5 Å². The van der Waals surface area contributed by atoms with Gasteiger partial charge in [0.25, 0.3) is 0 Å². The molecular weight excluding hydrogens is 240 g/mol. The Labute approximate surface area is 96.1 Å². The Balaban J connectivity index is 2.95. The van der Waals surface area contributed by atoms with Gasteiger partial charge in [-0.25, -0.2) is 9.97 Å². The third kappa shape index (κ3) is 3.02. The molecule has 0 aromatic carbocycles. The Morgan fingerprint density at radius 3 is 2.67 bits per heavy atom. The minimum atomic E-state index is -1.29. The van der Waals surface area contributed by atoms with E-state index in [9.17, 15) is 10.2 Å². The lowest BCUT2D eigenvalue weighted by atomic mass is 10.1. The molecule has 2 unspecified atom stereocenters. The van der Waals surface area contributed by atoms with Crippen LogP contribution in [0, 0.1) is 0 Å². The first kappa shape index (κ1) is 12.7. The molecule has 84 valence electrons. The van der Waals surface area contributed by atoms with Gasteiger partial charge in [0, 0.05) is 11.8 Å². The summed E-state index contributed by atoms with van der Waals surface area (Å²) in [5.41, 5.74) is 0.205. The zero-order chi connectivity index (χ0) is 11.4. The molecule has 1 aromatic heterocycles. The van der Waals surface area contributed by atoms with Crippen LogP contribution in [0.5, 0.6) is 0 Å². The van der Waals surface area contributed by atoms with Crippen LogP contribution >= 0.6 is 23.4 Å². The van der Waals surface area contributed by atoms with Crippen LogP contribution in [0.2, 0.25) is 5.15 Å². The molecule has 0 saturated heterocycles. The van der Waals surface area contributed by atoms with Crippen LogP contribution < -0.4 is 0 Å². The first-order valence-corrected chi connectivity index (χ1v) is 5.73. The van der Waals surface area contributed by atoms with Crippen LogP contribution in [0.25, 0.3) is 0 Å². The van der Waals surface area contributed by atoms with Gasteiger partial charge in [-0.2, -0.15) is 0 Å². The molecule has 0 aliphatic heterocycles. The van der Waals surface area contributed by atoms with E-state index in [2.05, 4.69) is 9.97 Å². The van der Waals surface area contributed by atoms with Gasteiger partial charge in [-0.15, -0.1) is 0 Å². The Bertz CT molecular complexity index is 340. The molecule has 1 heterocycles. The minimum Gasteiger partial charge on any atom is -0.394 e. The summed E-state index contributed by atoms with van der Waals surface area (Å²) in [5, 5.41) is 28.0. The lowest BCUT2D eigenvalue weighted by Crippen LogP contribution is -2.22. The molecule has 1 aromatic rings. The number of aliphatic hydroxyl groups excluding tert-OH is 3. The quantitative estimate of drug-likeness (QED) is 0.403. The van der Waals surface area contributed by atoms with Gasteiger partial charge in [0.1, 0.15) is 17.4 Å². The number of nitrogens with zero attached hydrogens (tertiary/aromatic N) is 2. The highest BCUT2D eigenvalue weighted by molar-refractivity contribution is 7.98. The molecule has 7 heteroatoms. The molecule has 0 radical (unpaired) electrons. The Hall–Kier alpha value is -0.400. The second kappa shape index (κ2) is 5.62. The molecule has 0 fully saturated rings. The van der Waals surface area contributed by atoms with Crippen LogP contribution in [-0.2, 0) is 0 Å². The van der Waals surface area contributed by atoms with Gasteiger partial charge >= 0.3 is 0 Å². The van der Waals surface area contributed by atoms with Gasteiger partial charge in [-0.05, 0) is 6.26 Å². The number of halogens is 1. The molecule has 5 nitrogen and oxygen atoms in total. The highest BCUT2D eigenvalue weighted by Crippen LogP contribution is 2.24. The number of rotatable bonds is 4. The average molecular weight is 251 g/mol. The highest BCUT2D eigenvalue weighted by Gasteiger charge is 2.21. The first-order chi connectivity index (χ1) is 7.10. The van der Waals surface area contributed by atoms with Crippen LogP contribution in [0.3, 0.4) is 0 Å². The van der Waals surface area contributed by atoms with Crippen molar-refractivity contribution >= 4 is 23.4 Å². The Morgan fingerprint density at radius 2 is 2.20 bits per heavy atom. The molecule has 2 atom stereocenters. The monoisotopic (exact) mass is 250 g/mol. The average Bonchev–Trinajstić information content (AvgIpc) is 2.26. The van der Waals surface area contributed by atoms with E-state index in [0.29, 0.717) is 5.16 Å². The van der Waals surface area contributed by atoms with Crippen LogP contribution in [0.15, 0.2) is 11.4 Å². The molecular formula is C8H11ClN2O3S. The summed E-state index contributed by atoms with van der Waals surface area (Å²) in [6.07, 6.45) is 0.569. The summed E-state index contributed by atoms with van der Waals surface area (Å²) >= 11 is 7.10. The maximum absolute atomic E-state index is 9.55. The number of thioether (sulfide) groups is 1. The maximum Gasteiger partial charge on any atom is 0.188 e. The summed E-state index contributed by atoms with van der Waals surface area (Å²) < 4.78 is 0. The predicted octanol–water partition coefficient (Wildman–Crippen LogP) is 0.238. The largest absolute Gasteiger partial charge is 0.394 e. The number of hydrogen-bond acceptors (Lipinski definition) is 6. The van der Waals surface area contributed by atoms with Crippen LogP contribution in [-0.4, -0.2) is 44.3 Å². The lowest BCUT2D eigenvalue weighted by molar-refractivity contribution is -0.0155. The molecule has 0 bridgehead atoms. The first-order valence-electron chi connectivity index (χ1n) is 4.13. The molecule has 0 amide bonds. The van der Waals surface area contributed by atoms with E-state index >= 15 is 0 Å². The SMILES string of the molecule is CSc1ncc(C(O)C(O)CO)c(Cl)n1. The summed E-state index contributed by atoms with van der Waals surface area (Å²) in [6, 6.07) is 0.